The minimum Gasteiger partial charge on any atom is -0.379 e. The van der Waals surface area contributed by atoms with E-state index in [9.17, 15) is 4.79 Å². The molecule has 1 amide bonds. The molecule has 5 nitrogen and oxygen atoms in total. The number of likely N-dealkylation sites (N-methyl/N-ethyl adjacent to an activating group) is 1. The molecule has 5 heteroatoms. The van der Waals surface area contributed by atoms with Crippen molar-refractivity contribution in [2.24, 2.45) is 0 Å². The zero-order valence-electron chi connectivity index (χ0n) is 11.6. The van der Waals surface area contributed by atoms with Gasteiger partial charge in [0.2, 0.25) is 0 Å². The van der Waals surface area contributed by atoms with Crippen LogP contribution < -0.4 is 5.32 Å². The summed E-state index contributed by atoms with van der Waals surface area (Å²) in [6.45, 7) is 3.56. The van der Waals surface area contributed by atoms with E-state index < -0.39 is 6.10 Å². The second-order valence-corrected chi connectivity index (χ2v) is 4.74. The maximum Gasteiger partial charge on any atom is 0.253 e. The summed E-state index contributed by atoms with van der Waals surface area (Å²) in [5, 5.41) is 2.62. The fraction of sp³-hybridized carbons (Fsp3) is 0.643. The predicted molar refractivity (Wildman–Crippen MR) is 72.9 cm³/mol. The van der Waals surface area contributed by atoms with Crippen molar-refractivity contribution in [3.8, 4) is 0 Å². The minimum atomic E-state index is -0.508. The van der Waals surface area contributed by atoms with Crippen LogP contribution in [0.5, 0.6) is 0 Å². The van der Waals surface area contributed by atoms with Crippen molar-refractivity contribution in [1.29, 1.82) is 0 Å². The largest absolute Gasteiger partial charge is 0.379 e. The van der Waals surface area contributed by atoms with E-state index in [1.54, 1.807) is 14.2 Å². The topological polar surface area (TPSA) is 50.8 Å². The number of morpholine rings is 1. The summed E-state index contributed by atoms with van der Waals surface area (Å²) in [6, 6.07) is 0.412. The highest BCUT2D eigenvalue weighted by Crippen LogP contribution is 2.20. The number of hydrogen-bond acceptors (Lipinski definition) is 4. The van der Waals surface area contributed by atoms with Gasteiger partial charge in [-0.1, -0.05) is 18.2 Å². The molecule has 2 atom stereocenters. The Morgan fingerprint density at radius 2 is 2.26 bits per heavy atom. The summed E-state index contributed by atoms with van der Waals surface area (Å²) in [6.07, 6.45) is 6.68. The van der Waals surface area contributed by atoms with Crippen molar-refractivity contribution in [2.45, 2.75) is 18.6 Å². The molecule has 2 aliphatic rings. The van der Waals surface area contributed by atoms with E-state index in [4.69, 9.17) is 9.47 Å². The number of nitrogens with zero attached hydrogens (tertiary/aromatic N) is 1. The highest BCUT2D eigenvalue weighted by Gasteiger charge is 2.24. The Hall–Kier alpha value is -1.17. The molecule has 1 fully saturated rings. The van der Waals surface area contributed by atoms with Crippen molar-refractivity contribution in [1.82, 2.24) is 10.2 Å². The van der Waals surface area contributed by atoms with E-state index >= 15 is 0 Å². The standard InChI is InChI=1S/C14H22N2O3/c1-15-14(17)13(18-2)11-3-5-12(6-4-11)16-7-9-19-10-8-16/h3-5,12-13H,6-10H2,1-2H3,(H,15,17). The van der Waals surface area contributed by atoms with Crippen LogP contribution >= 0.6 is 0 Å². The zero-order chi connectivity index (χ0) is 13.7. The van der Waals surface area contributed by atoms with Gasteiger partial charge in [0, 0.05) is 33.3 Å². The maximum atomic E-state index is 11.7. The third-order valence-corrected chi connectivity index (χ3v) is 3.64. The van der Waals surface area contributed by atoms with Crippen LogP contribution in [0.4, 0.5) is 0 Å². The molecule has 1 aliphatic heterocycles. The van der Waals surface area contributed by atoms with E-state index in [1.807, 2.05) is 6.08 Å². The lowest BCUT2D eigenvalue weighted by Gasteiger charge is -2.34. The van der Waals surface area contributed by atoms with Gasteiger partial charge in [-0.2, -0.15) is 0 Å². The second kappa shape index (κ2) is 6.84. The van der Waals surface area contributed by atoms with Crippen LogP contribution in [0.1, 0.15) is 6.42 Å². The number of amides is 1. The first-order chi connectivity index (χ1) is 9.26. The maximum absolute atomic E-state index is 11.7. The van der Waals surface area contributed by atoms with Crippen molar-refractivity contribution in [2.75, 3.05) is 40.5 Å². The Balaban J connectivity index is 1.95. The monoisotopic (exact) mass is 266 g/mol. The Kier molecular flexibility index (Phi) is 5.13. The van der Waals surface area contributed by atoms with Crippen LogP contribution in [-0.2, 0) is 14.3 Å². The van der Waals surface area contributed by atoms with Crippen molar-refractivity contribution in [3.05, 3.63) is 23.8 Å². The molecule has 0 aromatic carbocycles. The molecule has 1 N–H and O–H groups in total. The van der Waals surface area contributed by atoms with Crippen LogP contribution in [-0.4, -0.2) is 63.4 Å². The first-order valence-corrected chi connectivity index (χ1v) is 6.70. The van der Waals surface area contributed by atoms with Gasteiger partial charge in [-0.05, 0) is 12.0 Å². The summed E-state index contributed by atoms with van der Waals surface area (Å²) in [7, 11) is 3.18. The molecular weight excluding hydrogens is 244 g/mol. The number of hydrogen-bond donors (Lipinski definition) is 1. The van der Waals surface area contributed by atoms with Crippen LogP contribution in [0, 0.1) is 0 Å². The number of rotatable bonds is 4. The van der Waals surface area contributed by atoms with E-state index in [2.05, 4.69) is 22.4 Å². The molecule has 0 aromatic heterocycles. The highest BCUT2D eigenvalue weighted by molar-refractivity contribution is 5.84. The number of ether oxygens (including phenoxy) is 2. The normalized spacial score (nSPS) is 25.8. The molecule has 106 valence electrons. The molecule has 0 spiro atoms. The Morgan fingerprint density at radius 3 is 2.79 bits per heavy atom. The first-order valence-electron chi connectivity index (χ1n) is 6.70. The average molecular weight is 266 g/mol. The molecule has 1 saturated heterocycles. The van der Waals surface area contributed by atoms with Gasteiger partial charge in [-0.25, -0.2) is 0 Å². The first kappa shape index (κ1) is 14.2. The fourth-order valence-corrected chi connectivity index (χ4v) is 2.53. The predicted octanol–water partition coefficient (Wildman–Crippen LogP) is 0.334. The Morgan fingerprint density at radius 1 is 1.53 bits per heavy atom. The van der Waals surface area contributed by atoms with Crippen LogP contribution in [0.15, 0.2) is 23.8 Å². The van der Waals surface area contributed by atoms with Gasteiger partial charge in [0.05, 0.1) is 13.2 Å². The van der Waals surface area contributed by atoms with Crippen LogP contribution in [0.3, 0.4) is 0 Å². The number of methoxy groups -OCH3 is 1. The summed E-state index contributed by atoms with van der Waals surface area (Å²) < 4.78 is 10.6. The van der Waals surface area contributed by atoms with Crippen molar-refractivity contribution >= 4 is 5.91 Å². The number of nitrogens with one attached hydrogen (secondary N) is 1. The Bertz CT molecular complexity index is 373. The van der Waals surface area contributed by atoms with Gasteiger partial charge in [-0.15, -0.1) is 0 Å². The summed E-state index contributed by atoms with van der Waals surface area (Å²) >= 11 is 0. The lowest BCUT2D eigenvalue weighted by Crippen LogP contribution is -2.43. The molecule has 2 unspecified atom stereocenters. The van der Waals surface area contributed by atoms with Gasteiger partial charge in [0.1, 0.15) is 0 Å². The molecule has 19 heavy (non-hydrogen) atoms. The highest BCUT2D eigenvalue weighted by atomic mass is 16.5. The molecule has 0 saturated carbocycles. The SMILES string of the molecule is CNC(=O)C(OC)C1=CCC(N2CCOCC2)C=C1. The van der Waals surface area contributed by atoms with Gasteiger partial charge < -0.3 is 14.8 Å². The number of carbonyl (C=O) groups excluding carboxylic acids is 1. The number of carbonyl (C=O) groups is 1. The van der Waals surface area contributed by atoms with E-state index in [1.165, 1.54) is 0 Å². The Labute approximate surface area is 114 Å². The average Bonchev–Trinajstić information content (AvgIpc) is 2.49. The van der Waals surface area contributed by atoms with Gasteiger partial charge in [0.25, 0.3) is 5.91 Å². The molecule has 0 bridgehead atoms. The fourth-order valence-electron chi connectivity index (χ4n) is 2.53. The molecule has 1 heterocycles. The van der Waals surface area contributed by atoms with Crippen molar-refractivity contribution < 1.29 is 14.3 Å². The third-order valence-electron chi connectivity index (χ3n) is 3.64. The summed E-state index contributed by atoms with van der Waals surface area (Å²) in [4.78, 5) is 14.1. The summed E-state index contributed by atoms with van der Waals surface area (Å²) in [5.41, 5.74) is 0.936. The summed E-state index contributed by atoms with van der Waals surface area (Å²) in [5.74, 6) is -0.108. The molecular formula is C14H22N2O3. The second-order valence-electron chi connectivity index (χ2n) is 4.74. The molecule has 0 aromatic rings. The molecule has 2 rings (SSSR count). The van der Waals surface area contributed by atoms with Gasteiger partial charge in [-0.3, -0.25) is 9.69 Å². The van der Waals surface area contributed by atoms with Crippen molar-refractivity contribution in [3.63, 3.8) is 0 Å². The quantitative estimate of drug-likeness (QED) is 0.797. The van der Waals surface area contributed by atoms with Crippen LogP contribution in [0.25, 0.3) is 0 Å². The van der Waals surface area contributed by atoms with E-state index in [0.29, 0.717) is 6.04 Å². The lowest BCUT2D eigenvalue weighted by molar-refractivity contribution is -0.128. The third kappa shape index (κ3) is 3.43. The van der Waals surface area contributed by atoms with E-state index in [0.717, 1.165) is 38.3 Å². The molecule has 0 radical (unpaired) electrons. The smallest absolute Gasteiger partial charge is 0.253 e. The van der Waals surface area contributed by atoms with Crippen LogP contribution in [0.2, 0.25) is 0 Å². The zero-order valence-corrected chi connectivity index (χ0v) is 11.6. The van der Waals surface area contributed by atoms with E-state index in [-0.39, 0.29) is 5.91 Å². The van der Waals surface area contributed by atoms with Gasteiger partial charge in [0.15, 0.2) is 6.10 Å². The van der Waals surface area contributed by atoms with Gasteiger partial charge >= 0.3 is 0 Å². The minimum absolute atomic E-state index is 0.108. The lowest BCUT2D eigenvalue weighted by atomic mass is 9.97. The molecule has 1 aliphatic carbocycles.